The van der Waals surface area contributed by atoms with Crippen LogP contribution >= 0.6 is 35.4 Å². The molecule has 0 atom stereocenters. The average molecular weight is 304 g/mol. The Balaban J connectivity index is 2.55. The zero-order valence-corrected chi connectivity index (χ0v) is 11.6. The number of amides is 1. The molecule has 3 N–H and O–H groups in total. The minimum Gasteiger partial charge on any atom is -0.358 e. The lowest BCUT2D eigenvalue weighted by atomic mass is 10.2. The van der Waals surface area contributed by atoms with Gasteiger partial charge in [0.1, 0.15) is 0 Å². The number of hydrogen-bond donors (Lipinski definition) is 3. The van der Waals surface area contributed by atoms with Gasteiger partial charge < -0.3 is 5.32 Å². The monoisotopic (exact) mass is 303 g/mol. The van der Waals surface area contributed by atoms with E-state index in [1.165, 1.54) is 12.1 Å². The first-order chi connectivity index (χ1) is 8.54. The summed E-state index contributed by atoms with van der Waals surface area (Å²) in [4.78, 5) is 11.7. The number of hydrazine groups is 1. The number of thiocarbonyl (C=S) groups is 1. The summed E-state index contributed by atoms with van der Waals surface area (Å²) in [7, 11) is 0. The van der Waals surface area contributed by atoms with Crippen LogP contribution in [0.1, 0.15) is 10.4 Å². The highest BCUT2D eigenvalue weighted by Crippen LogP contribution is 2.20. The molecule has 0 heterocycles. The summed E-state index contributed by atoms with van der Waals surface area (Å²) in [5.74, 6) is -0.403. The Morgan fingerprint density at radius 2 is 2.11 bits per heavy atom. The van der Waals surface area contributed by atoms with E-state index >= 15 is 0 Å². The van der Waals surface area contributed by atoms with Gasteiger partial charge in [0.15, 0.2) is 5.11 Å². The molecule has 96 valence electrons. The molecule has 0 aliphatic rings. The SMILES string of the molecule is C=CCNC(=S)NNC(=O)c1ccc(Cl)cc1Cl. The van der Waals surface area contributed by atoms with E-state index in [9.17, 15) is 4.79 Å². The first kappa shape index (κ1) is 14.8. The first-order valence-electron chi connectivity index (χ1n) is 4.94. The Bertz CT molecular complexity index is 479. The van der Waals surface area contributed by atoms with E-state index in [2.05, 4.69) is 22.7 Å². The van der Waals surface area contributed by atoms with Gasteiger partial charge in [-0.1, -0.05) is 29.3 Å². The van der Waals surface area contributed by atoms with E-state index < -0.39 is 5.91 Å². The van der Waals surface area contributed by atoms with Gasteiger partial charge >= 0.3 is 0 Å². The molecule has 0 fully saturated rings. The normalized spacial score (nSPS) is 9.44. The zero-order valence-electron chi connectivity index (χ0n) is 9.30. The second-order valence-electron chi connectivity index (χ2n) is 3.20. The summed E-state index contributed by atoms with van der Waals surface area (Å²) in [5, 5.41) is 3.82. The second kappa shape index (κ2) is 7.20. The van der Waals surface area contributed by atoms with Crippen LogP contribution in [0.3, 0.4) is 0 Å². The van der Waals surface area contributed by atoms with E-state index in [-0.39, 0.29) is 10.1 Å². The lowest BCUT2D eigenvalue weighted by molar-refractivity contribution is 0.0944. The van der Waals surface area contributed by atoms with Crippen molar-refractivity contribution < 1.29 is 4.79 Å². The summed E-state index contributed by atoms with van der Waals surface area (Å²) >= 11 is 16.5. The minimum atomic E-state index is -0.403. The molecule has 1 aromatic rings. The van der Waals surface area contributed by atoms with Crippen LogP contribution in [-0.2, 0) is 0 Å². The van der Waals surface area contributed by atoms with Crippen molar-refractivity contribution >= 4 is 46.4 Å². The molecule has 1 amide bonds. The summed E-state index contributed by atoms with van der Waals surface area (Å²) in [6.07, 6.45) is 1.64. The summed E-state index contributed by atoms with van der Waals surface area (Å²) in [6.45, 7) is 4.03. The Hall–Kier alpha value is -1.30. The third-order valence-corrected chi connectivity index (χ3v) is 2.67. The molecule has 0 unspecified atom stereocenters. The highest BCUT2D eigenvalue weighted by Gasteiger charge is 2.10. The third kappa shape index (κ3) is 4.52. The lowest BCUT2D eigenvalue weighted by Gasteiger charge is -2.11. The minimum absolute atomic E-state index is 0.270. The molecule has 4 nitrogen and oxygen atoms in total. The van der Waals surface area contributed by atoms with Crippen LogP contribution in [0, 0.1) is 0 Å². The largest absolute Gasteiger partial charge is 0.358 e. The predicted octanol–water partition coefficient (Wildman–Crippen LogP) is 2.29. The fourth-order valence-corrected chi connectivity index (χ4v) is 1.69. The predicted molar refractivity (Wildman–Crippen MR) is 77.9 cm³/mol. The van der Waals surface area contributed by atoms with Crippen LogP contribution in [0.2, 0.25) is 10.0 Å². The van der Waals surface area contributed by atoms with Crippen molar-refractivity contribution in [1.29, 1.82) is 0 Å². The van der Waals surface area contributed by atoms with Crippen molar-refractivity contribution in [2.45, 2.75) is 0 Å². The molecule has 1 rings (SSSR count). The Morgan fingerprint density at radius 1 is 1.39 bits per heavy atom. The summed E-state index contributed by atoms with van der Waals surface area (Å²) in [5.41, 5.74) is 5.26. The molecule has 7 heteroatoms. The van der Waals surface area contributed by atoms with Crippen LogP contribution in [-0.4, -0.2) is 17.6 Å². The van der Waals surface area contributed by atoms with Crippen molar-refractivity contribution in [3.63, 3.8) is 0 Å². The number of halogens is 2. The molecule has 0 saturated carbocycles. The molecule has 0 radical (unpaired) electrons. The van der Waals surface area contributed by atoms with Crippen molar-refractivity contribution in [2.24, 2.45) is 0 Å². The molecule has 0 bridgehead atoms. The van der Waals surface area contributed by atoms with Gasteiger partial charge in [-0.3, -0.25) is 15.6 Å². The quantitative estimate of drug-likeness (QED) is 0.456. The molecule has 0 aliphatic carbocycles. The highest BCUT2D eigenvalue weighted by atomic mass is 35.5. The summed E-state index contributed by atoms with van der Waals surface area (Å²) < 4.78 is 0. The van der Waals surface area contributed by atoms with E-state index in [0.717, 1.165) is 0 Å². The van der Waals surface area contributed by atoms with Crippen molar-refractivity contribution in [3.05, 3.63) is 46.5 Å². The van der Waals surface area contributed by atoms with Gasteiger partial charge in [-0.15, -0.1) is 6.58 Å². The molecular formula is C11H11Cl2N3OS. The fourth-order valence-electron chi connectivity index (χ4n) is 1.06. The van der Waals surface area contributed by atoms with E-state index in [0.29, 0.717) is 17.1 Å². The molecule has 0 saturated heterocycles. The number of hydrogen-bond acceptors (Lipinski definition) is 2. The van der Waals surface area contributed by atoms with Crippen LogP contribution in [0.4, 0.5) is 0 Å². The van der Waals surface area contributed by atoms with Crippen LogP contribution in [0.5, 0.6) is 0 Å². The second-order valence-corrected chi connectivity index (χ2v) is 4.45. The lowest BCUT2D eigenvalue weighted by Crippen LogP contribution is -2.46. The van der Waals surface area contributed by atoms with Gasteiger partial charge in [0.25, 0.3) is 5.91 Å². The van der Waals surface area contributed by atoms with Gasteiger partial charge in [-0.2, -0.15) is 0 Å². The van der Waals surface area contributed by atoms with Gasteiger partial charge in [0.05, 0.1) is 10.6 Å². The number of benzene rings is 1. The van der Waals surface area contributed by atoms with Gasteiger partial charge in [-0.25, -0.2) is 0 Å². The fraction of sp³-hybridized carbons (Fsp3) is 0.0909. The summed E-state index contributed by atoms with van der Waals surface area (Å²) in [6, 6.07) is 4.60. The average Bonchev–Trinajstić information content (AvgIpc) is 2.33. The van der Waals surface area contributed by atoms with Gasteiger partial charge in [0.2, 0.25) is 0 Å². The maximum Gasteiger partial charge on any atom is 0.271 e. The number of carbonyl (C=O) groups is 1. The Morgan fingerprint density at radius 3 is 2.72 bits per heavy atom. The zero-order chi connectivity index (χ0) is 13.5. The van der Waals surface area contributed by atoms with Crippen LogP contribution in [0.15, 0.2) is 30.9 Å². The number of carbonyl (C=O) groups excluding carboxylic acids is 1. The van der Waals surface area contributed by atoms with E-state index in [1.54, 1.807) is 12.1 Å². The number of rotatable bonds is 3. The third-order valence-electron chi connectivity index (χ3n) is 1.87. The standard InChI is InChI=1S/C11H11Cl2N3OS/c1-2-5-14-11(18)16-15-10(17)8-4-3-7(12)6-9(8)13/h2-4,6H,1,5H2,(H,15,17)(H2,14,16,18). The molecular weight excluding hydrogens is 293 g/mol. The van der Waals surface area contributed by atoms with Crippen molar-refractivity contribution in [2.75, 3.05) is 6.54 Å². The number of nitrogens with one attached hydrogen (secondary N) is 3. The Labute approximate surface area is 120 Å². The molecule has 18 heavy (non-hydrogen) atoms. The van der Waals surface area contributed by atoms with Gasteiger partial charge in [0, 0.05) is 11.6 Å². The molecule has 0 aliphatic heterocycles. The molecule has 0 spiro atoms. The van der Waals surface area contributed by atoms with E-state index in [4.69, 9.17) is 35.4 Å². The first-order valence-corrected chi connectivity index (χ1v) is 6.11. The van der Waals surface area contributed by atoms with Crippen molar-refractivity contribution in [3.8, 4) is 0 Å². The van der Waals surface area contributed by atoms with Gasteiger partial charge in [-0.05, 0) is 30.4 Å². The van der Waals surface area contributed by atoms with Crippen LogP contribution < -0.4 is 16.2 Å². The van der Waals surface area contributed by atoms with E-state index in [1.807, 2.05) is 0 Å². The highest BCUT2D eigenvalue weighted by molar-refractivity contribution is 7.80. The smallest absolute Gasteiger partial charge is 0.271 e. The topological polar surface area (TPSA) is 53.2 Å². The maximum atomic E-state index is 11.7. The molecule has 1 aromatic carbocycles. The van der Waals surface area contributed by atoms with Crippen LogP contribution in [0.25, 0.3) is 0 Å². The van der Waals surface area contributed by atoms with Crippen molar-refractivity contribution in [1.82, 2.24) is 16.2 Å². The maximum absolute atomic E-state index is 11.7. The molecule has 0 aromatic heterocycles. The Kier molecular flexibility index (Phi) is 5.91.